The van der Waals surface area contributed by atoms with Crippen molar-refractivity contribution in [1.82, 2.24) is 5.32 Å². The Labute approximate surface area is 234 Å². The van der Waals surface area contributed by atoms with Crippen molar-refractivity contribution >= 4 is 64.4 Å². The number of amides is 4. The van der Waals surface area contributed by atoms with Gasteiger partial charge in [0, 0.05) is 0 Å². The number of urea groups is 1. The van der Waals surface area contributed by atoms with E-state index >= 15 is 0 Å². The SMILES string of the molecule is COc1cc(/C=C2\C(=O)NC(=O)N(c3cc(C(F)(F)F)ccc3Cl)C2=O)ccc1OCc1ccc(Cl)c(Cl)c1. The second-order valence-corrected chi connectivity index (χ2v) is 9.29. The topological polar surface area (TPSA) is 84.9 Å². The predicted octanol–water partition coefficient (Wildman–Crippen LogP) is 6.92. The van der Waals surface area contributed by atoms with Gasteiger partial charge in [-0.15, -0.1) is 0 Å². The quantitative estimate of drug-likeness (QED) is 0.246. The van der Waals surface area contributed by atoms with Crippen molar-refractivity contribution in [2.75, 3.05) is 12.0 Å². The first-order valence-corrected chi connectivity index (χ1v) is 12.1. The van der Waals surface area contributed by atoms with E-state index in [9.17, 15) is 27.6 Å². The summed E-state index contributed by atoms with van der Waals surface area (Å²) in [4.78, 5) is 38.5. The van der Waals surface area contributed by atoms with E-state index in [-0.39, 0.29) is 17.4 Å². The molecular weight excluding hydrogens is 584 g/mol. The molecule has 1 N–H and O–H groups in total. The highest BCUT2D eigenvalue weighted by Crippen LogP contribution is 2.37. The lowest BCUT2D eigenvalue weighted by Gasteiger charge is -2.27. The largest absolute Gasteiger partial charge is 0.493 e. The first kappa shape index (κ1) is 28.3. The maximum Gasteiger partial charge on any atom is 0.416 e. The molecule has 0 bridgehead atoms. The normalized spacial score (nSPS) is 15.0. The summed E-state index contributed by atoms with van der Waals surface area (Å²) < 4.78 is 50.8. The third-order valence-corrected chi connectivity index (χ3v) is 6.55. The summed E-state index contributed by atoms with van der Waals surface area (Å²) in [7, 11) is 1.38. The molecule has 1 fully saturated rings. The first-order chi connectivity index (χ1) is 18.4. The van der Waals surface area contributed by atoms with E-state index in [1.807, 2.05) is 5.32 Å². The number of benzene rings is 3. The Hall–Kier alpha value is -3.73. The summed E-state index contributed by atoms with van der Waals surface area (Å²) in [6.07, 6.45) is -3.60. The molecule has 3 aromatic carbocycles. The third-order valence-electron chi connectivity index (χ3n) is 5.49. The van der Waals surface area contributed by atoms with Crippen LogP contribution in [0.1, 0.15) is 16.7 Å². The van der Waals surface area contributed by atoms with Gasteiger partial charge in [-0.1, -0.05) is 46.9 Å². The average molecular weight is 600 g/mol. The molecule has 1 saturated heterocycles. The molecule has 0 unspecified atom stereocenters. The number of carbonyl (C=O) groups is 3. The van der Waals surface area contributed by atoms with Gasteiger partial charge >= 0.3 is 12.2 Å². The number of barbiturate groups is 1. The molecule has 1 aliphatic rings. The number of hydrogen-bond acceptors (Lipinski definition) is 5. The number of halogens is 6. The molecule has 3 aromatic rings. The van der Waals surface area contributed by atoms with Crippen LogP contribution in [0, 0.1) is 0 Å². The fourth-order valence-electron chi connectivity index (χ4n) is 3.59. The van der Waals surface area contributed by atoms with Gasteiger partial charge in [0.15, 0.2) is 11.5 Å². The van der Waals surface area contributed by atoms with Gasteiger partial charge in [0.25, 0.3) is 11.8 Å². The number of anilines is 1. The second-order valence-electron chi connectivity index (χ2n) is 8.07. The number of methoxy groups -OCH3 is 1. The zero-order chi connectivity index (χ0) is 28.5. The lowest BCUT2D eigenvalue weighted by Crippen LogP contribution is -2.54. The molecule has 0 radical (unpaired) electrons. The molecule has 4 rings (SSSR count). The molecule has 202 valence electrons. The highest BCUT2D eigenvalue weighted by Gasteiger charge is 2.39. The number of nitrogens with one attached hydrogen (secondary N) is 1. The summed E-state index contributed by atoms with van der Waals surface area (Å²) in [5.74, 6) is -1.62. The maximum absolute atomic E-state index is 13.2. The van der Waals surface area contributed by atoms with Crippen molar-refractivity contribution in [3.63, 3.8) is 0 Å². The van der Waals surface area contributed by atoms with Gasteiger partial charge < -0.3 is 9.47 Å². The van der Waals surface area contributed by atoms with Crippen molar-refractivity contribution in [2.45, 2.75) is 12.8 Å². The van der Waals surface area contributed by atoms with Crippen LogP contribution in [0.5, 0.6) is 11.5 Å². The standard InChI is InChI=1S/C26H16Cl3F3N2O5/c1-38-22-10-13(3-7-21(22)39-12-14-2-5-17(27)19(29)9-14)8-16-23(35)33-25(37)34(24(16)36)20-11-15(26(30,31)32)4-6-18(20)28/h2-11H,12H2,1H3,(H,33,35,37)/b16-8+. The number of nitrogens with zero attached hydrogens (tertiary/aromatic N) is 1. The van der Waals surface area contributed by atoms with Crippen molar-refractivity contribution in [3.8, 4) is 11.5 Å². The van der Waals surface area contributed by atoms with Crippen molar-refractivity contribution in [2.24, 2.45) is 0 Å². The van der Waals surface area contributed by atoms with E-state index in [2.05, 4.69) is 0 Å². The summed E-state index contributed by atoms with van der Waals surface area (Å²) in [6, 6.07) is 10.4. The van der Waals surface area contributed by atoms with E-state index < -0.39 is 40.8 Å². The van der Waals surface area contributed by atoms with Crippen LogP contribution in [0.15, 0.2) is 60.2 Å². The van der Waals surface area contributed by atoms with Crippen LogP contribution < -0.4 is 19.7 Å². The van der Waals surface area contributed by atoms with Crippen molar-refractivity contribution in [1.29, 1.82) is 0 Å². The molecule has 1 heterocycles. The number of hydrogen-bond donors (Lipinski definition) is 1. The minimum Gasteiger partial charge on any atom is -0.493 e. The minimum atomic E-state index is -4.76. The molecule has 1 aliphatic heterocycles. The Balaban J connectivity index is 1.63. The van der Waals surface area contributed by atoms with Crippen LogP contribution in [0.3, 0.4) is 0 Å². The van der Waals surface area contributed by atoms with E-state index in [1.165, 1.54) is 25.3 Å². The fraction of sp³-hybridized carbons (Fsp3) is 0.115. The Kier molecular flexibility index (Phi) is 8.10. The van der Waals surface area contributed by atoms with Gasteiger partial charge in [0.05, 0.1) is 33.4 Å². The average Bonchev–Trinajstić information content (AvgIpc) is 2.87. The maximum atomic E-state index is 13.2. The van der Waals surface area contributed by atoms with Crippen LogP contribution in [-0.2, 0) is 22.4 Å². The van der Waals surface area contributed by atoms with E-state index in [0.29, 0.717) is 38.4 Å². The molecule has 13 heteroatoms. The van der Waals surface area contributed by atoms with E-state index in [1.54, 1.807) is 18.2 Å². The van der Waals surface area contributed by atoms with Crippen molar-refractivity contribution < 1.29 is 37.0 Å². The van der Waals surface area contributed by atoms with Gasteiger partial charge in [-0.05, 0) is 59.7 Å². The molecule has 0 saturated carbocycles. The van der Waals surface area contributed by atoms with Gasteiger partial charge in [-0.2, -0.15) is 13.2 Å². The Morgan fingerprint density at radius 2 is 1.62 bits per heavy atom. The highest BCUT2D eigenvalue weighted by atomic mass is 35.5. The minimum absolute atomic E-state index is 0.128. The van der Waals surface area contributed by atoms with Crippen LogP contribution in [0.25, 0.3) is 6.08 Å². The van der Waals surface area contributed by atoms with E-state index in [0.717, 1.165) is 17.7 Å². The third kappa shape index (κ3) is 6.13. The zero-order valence-electron chi connectivity index (χ0n) is 19.7. The number of rotatable bonds is 6. The Bertz CT molecular complexity index is 1530. The smallest absolute Gasteiger partial charge is 0.416 e. The Morgan fingerprint density at radius 3 is 2.28 bits per heavy atom. The van der Waals surface area contributed by atoms with Gasteiger partial charge in [0.1, 0.15) is 12.2 Å². The van der Waals surface area contributed by atoms with E-state index in [4.69, 9.17) is 44.3 Å². The summed E-state index contributed by atoms with van der Waals surface area (Å²) >= 11 is 18.0. The fourth-order valence-corrected chi connectivity index (χ4v) is 4.11. The van der Waals surface area contributed by atoms with Crippen LogP contribution in [0.4, 0.5) is 23.7 Å². The summed E-state index contributed by atoms with van der Waals surface area (Å²) in [5.41, 5.74) is -1.14. The van der Waals surface area contributed by atoms with Gasteiger partial charge in [-0.3, -0.25) is 14.9 Å². The monoisotopic (exact) mass is 598 g/mol. The highest BCUT2D eigenvalue weighted by molar-refractivity contribution is 6.42. The second kappa shape index (κ2) is 11.2. The molecular formula is C26H16Cl3F3N2O5. The number of imide groups is 2. The molecule has 0 spiro atoms. The lowest BCUT2D eigenvalue weighted by atomic mass is 10.1. The predicted molar refractivity (Wildman–Crippen MR) is 139 cm³/mol. The molecule has 0 atom stereocenters. The first-order valence-electron chi connectivity index (χ1n) is 10.9. The number of ether oxygens (including phenoxy) is 2. The van der Waals surface area contributed by atoms with Crippen LogP contribution in [-0.4, -0.2) is 25.0 Å². The summed E-state index contributed by atoms with van der Waals surface area (Å²) in [6.45, 7) is 0.128. The number of alkyl halides is 3. The lowest BCUT2D eigenvalue weighted by molar-refractivity contribution is -0.137. The molecule has 39 heavy (non-hydrogen) atoms. The van der Waals surface area contributed by atoms with Gasteiger partial charge in [0.2, 0.25) is 0 Å². The summed E-state index contributed by atoms with van der Waals surface area (Å²) in [5, 5.41) is 2.40. The molecule has 0 aliphatic carbocycles. The molecule has 4 amide bonds. The number of carbonyl (C=O) groups excluding carboxylic acids is 3. The van der Waals surface area contributed by atoms with Gasteiger partial charge in [-0.25, -0.2) is 9.69 Å². The van der Waals surface area contributed by atoms with Crippen LogP contribution in [0.2, 0.25) is 15.1 Å². The van der Waals surface area contributed by atoms with Crippen LogP contribution >= 0.6 is 34.8 Å². The molecule has 0 aromatic heterocycles. The molecule has 7 nitrogen and oxygen atoms in total. The van der Waals surface area contributed by atoms with Crippen molar-refractivity contribution in [3.05, 3.63) is 91.9 Å². The Morgan fingerprint density at radius 1 is 0.897 bits per heavy atom. The zero-order valence-corrected chi connectivity index (χ0v) is 22.0.